The molecule has 0 radical (unpaired) electrons. The summed E-state index contributed by atoms with van der Waals surface area (Å²) >= 11 is 0. The van der Waals surface area contributed by atoms with Gasteiger partial charge in [-0.3, -0.25) is 14.6 Å². The Balaban J connectivity index is 0.000000244. The van der Waals surface area contributed by atoms with Gasteiger partial charge in [0.2, 0.25) is 0 Å². The molecular formula is C42H56F2N2O3. The van der Waals surface area contributed by atoms with Crippen LogP contribution in [0.3, 0.4) is 0 Å². The summed E-state index contributed by atoms with van der Waals surface area (Å²) in [5, 5.41) is 8.86. The molecule has 0 bridgehead atoms. The van der Waals surface area contributed by atoms with Crippen LogP contribution in [0.25, 0.3) is 0 Å². The minimum Gasteiger partial charge on any atom is -0.478 e. The van der Waals surface area contributed by atoms with Gasteiger partial charge in [0.15, 0.2) is 5.78 Å². The number of carboxylic acids is 1. The second kappa shape index (κ2) is 16.7. The third kappa shape index (κ3) is 9.76. The van der Waals surface area contributed by atoms with E-state index in [4.69, 9.17) is 5.11 Å². The molecule has 0 aromatic heterocycles. The number of hydrogen-bond acceptors (Lipinski definition) is 4. The zero-order valence-electron chi connectivity index (χ0n) is 30.0. The monoisotopic (exact) mass is 674 g/mol. The Hall–Kier alpha value is -3.16. The molecule has 49 heavy (non-hydrogen) atoms. The summed E-state index contributed by atoms with van der Waals surface area (Å²) in [6, 6.07) is 17.4. The normalized spacial score (nSPS) is 26.3. The van der Waals surface area contributed by atoms with E-state index in [0.29, 0.717) is 42.7 Å². The quantitative estimate of drug-likeness (QED) is 0.303. The van der Waals surface area contributed by atoms with Crippen LogP contribution in [0, 0.1) is 19.8 Å². The Morgan fingerprint density at radius 2 is 1.31 bits per heavy atom. The Kier molecular flexibility index (Phi) is 12.6. The summed E-state index contributed by atoms with van der Waals surface area (Å²) in [7, 11) is 0. The first kappa shape index (κ1) is 37.1. The maximum atomic E-state index is 15.1. The van der Waals surface area contributed by atoms with Gasteiger partial charge in [-0.05, 0) is 108 Å². The Labute approximate surface area is 292 Å². The number of carbonyl (C=O) groups excluding carboxylic acids is 1. The average molecular weight is 675 g/mol. The van der Waals surface area contributed by atoms with Crippen LogP contribution in [0.2, 0.25) is 0 Å². The largest absolute Gasteiger partial charge is 0.478 e. The van der Waals surface area contributed by atoms with E-state index < -0.39 is 17.8 Å². The van der Waals surface area contributed by atoms with Gasteiger partial charge in [0.05, 0.1) is 0 Å². The third-order valence-corrected chi connectivity index (χ3v) is 11.5. The van der Waals surface area contributed by atoms with Crippen molar-refractivity contribution in [1.82, 2.24) is 9.80 Å². The lowest BCUT2D eigenvalue weighted by atomic mass is 9.75. The average Bonchev–Trinajstić information content (AvgIpc) is 3.10. The smallest absolute Gasteiger partial charge is 0.331 e. The molecule has 3 aliphatic carbocycles. The summed E-state index contributed by atoms with van der Waals surface area (Å²) in [6.07, 6.45) is 10.1. The minimum absolute atomic E-state index is 0.0108. The van der Waals surface area contributed by atoms with Crippen molar-refractivity contribution in [3.63, 3.8) is 0 Å². The van der Waals surface area contributed by atoms with Crippen LogP contribution < -0.4 is 0 Å². The van der Waals surface area contributed by atoms with Gasteiger partial charge in [0.1, 0.15) is 0 Å². The SMILES string of the molecule is Cc1ccc(C2CC=C(C(=O)CC3[C@@H](N4CCN(C(C)C)CC4)CCCC3(F)F)CC2)cc1.Cc1ccc(C2CC=C(C(=O)O)CC2)cc1. The molecular weight excluding hydrogens is 618 g/mol. The molecule has 3 unspecified atom stereocenters. The van der Waals surface area contributed by atoms with Crippen LogP contribution in [0.1, 0.15) is 112 Å². The molecule has 4 atom stereocenters. The van der Waals surface area contributed by atoms with Crippen molar-refractivity contribution in [3.05, 3.63) is 94.1 Å². The first-order valence-electron chi connectivity index (χ1n) is 18.5. The highest BCUT2D eigenvalue weighted by atomic mass is 19.3. The fourth-order valence-corrected chi connectivity index (χ4v) is 8.25. The zero-order valence-corrected chi connectivity index (χ0v) is 30.0. The van der Waals surface area contributed by atoms with Crippen LogP contribution in [0.5, 0.6) is 0 Å². The minimum atomic E-state index is -2.76. The number of aryl methyl sites for hydroxylation is 2. The lowest BCUT2D eigenvalue weighted by molar-refractivity contribution is -0.139. The fourth-order valence-electron chi connectivity index (χ4n) is 8.25. The number of halogens is 2. The summed E-state index contributed by atoms with van der Waals surface area (Å²) < 4.78 is 30.2. The van der Waals surface area contributed by atoms with Gasteiger partial charge >= 0.3 is 5.97 Å². The van der Waals surface area contributed by atoms with Crippen molar-refractivity contribution in [2.24, 2.45) is 5.92 Å². The number of carboxylic acid groups (broad SMARTS) is 1. The highest BCUT2D eigenvalue weighted by Crippen LogP contribution is 2.44. The van der Waals surface area contributed by atoms with E-state index in [1.807, 2.05) is 12.2 Å². The van der Waals surface area contributed by atoms with Gasteiger partial charge in [-0.15, -0.1) is 0 Å². The number of aliphatic carboxylic acids is 1. The molecule has 5 nitrogen and oxygen atoms in total. The Morgan fingerprint density at radius 3 is 1.76 bits per heavy atom. The number of ketones is 1. The van der Waals surface area contributed by atoms with Crippen molar-refractivity contribution < 1.29 is 23.5 Å². The second-order valence-corrected chi connectivity index (χ2v) is 15.1. The predicted molar refractivity (Wildman–Crippen MR) is 193 cm³/mol. The van der Waals surface area contributed by atoms with E-state index in [0.717, 1.165) is 63.9 Å². The Morgan fingerprint density at radius 1 is 0.796 bits per heavy atom. The molecule has 0 amide bonds. The molecule has 4 aliphatic rings. The van der Waals surface area contributed by atoms with Crippen LogP contribution >= 0.6 is 0 Å². The molecule has 1 N–H and O–H groups in total. The van der Waals surface area contributed by atoms with Gasteiger partial charge in [-0.1, -0.05) is 71.8 Å². The number of piperazine rings is 1. The topological polar surface area (TPSA) is 60.9 Å². The number of Topliss-reactive ketones (excluding diaryl/α,β-unsaturated/α-hetero) is 1. The molecule has 2 fully saturated rings. The molecule has 1 heterocycles. The Bertz CT molecular complexity index is 1470. The third-order valence-electron chi connectivity index (χ3n) is 11.5. The first-order valence-corrected chi connectivity index (χ1v) is 18.5. The molecule has 1 saturated carbocycles. The summed E-state index contributed by atoms with van der Waals surface area (Å²) in [5.74, 6) is -3.52. The number of allylic oxidation sites excluding steroid dienone is 3. The number of carbonyl (C=O) groups is 2. The standard InChI is InChI=1S/C28H40F2N2O.C14H16O2/c1-20(2)31-15-17-32(18-16-31)26-5-4-14-28(29,30)25(26)19-27(33)24-12-10-23(11-13-24)22-8-6-21(3)7-9-22;1-10-2-4-11(5-3-10)12-6-8-13(9-7-12)14(15)16/h6-9,12,20,23,25-26H,4-5,10-11,13-19H2,1-3H3;2-5,8,12H,6-7,9H2,1H3,(H,15,16)/t23?,25?,26-;/m0./s1. The summed E-state index contributed by atoms with van der Waals surface area (Å²) in [4.78, 5) is 28.6. The second-order valence-electron chi connectivity index (χ2n) is 15.1. The van der Waals surface area contributed by atoms with Gasteiger partial charge < -0.3 is 5.11 Å². The van der Waals surface area contributed by atoms with Gasteiger partial charge in [-0.25, -0.2) is 13.6 Å². The van der Waals surface area contributed by atoms with Crippen molar-refractivity contribution in [2.75, 3.05) is 26.2 Å². The highest BCUT2D eigenvalue weighted by molar-refractivity contribution is 5.95. The van der Waals surface area contributed by atoms with E-state index in [9.17, 15) is 9.59 Å². The first-order chi connectivity index (χ1) is 23.4. The number of nitrogens with zero attached hydrogens (tertiary/aromatic N) is 2. The van der Waals surface area contributed by atoms with E-state index in [1.165, 1.54) is 22.3 Å². The van der Waals surface area contributed by atoms with E-state index in [-0.39, 0.29) is 24.7 Å². The molecule has 1 aliphatic heterocycles. The highest BCUT2D eigenvalue weighted by Gasteiger charge is 2.49. The van der Waals surface area contributed by atoms with Crippen LogP contribution in [0.4, 0.5) is 8.78 Å². The van der Waals surface area contributed by atoms with E-state index in [1.54, 1.807) is 0 Å². The van der Waals surface area contributed by atoms with Crippen molar-refractivity contribution in [2.45, 2.75) is 122 Å². The van der Waals surface area contributed by atoms with Crippen LogP contribution in [-0.4, -0.2) is 70.8 Å². The summed E-state index contributed by atoms with van der Waals surface area (Å²) in [6.45, 7) is 12.0. The molecule has 1 saturated heterocycles. The number of benzene rings is 2. The molecule has 2 aromatic carbocycles. The maximum Gasteiger partial charge on any atom is 0.331 e. The van der Waals surface area contributed by atoms with Crippen molar-refractivity contribution in [3.8, 4) is 0 Å². The maximum absolute atomic E-state index is 15.1. The molecule has 2 aromatic rings. The van der Waals surface area contributed by atoms with Crippen molar-refractivity contribution >= 4 is 11.8 Å². The molecule has 6 rings (SSSR count). The fraction of sp³-hybridized carbons (Fsp3) is 0.571. The van der Waals surface area contributed by atoms with Gasteiger partial charge in [0, 0.05) is 62.6 Å². The van der Waals surface area contributed by atoms with Crippen molar-refractivity contribution in [1.29, 1.82) is 0 Å². The van der Waals surface area contributed by atoms with Gasteiger partial charge in [-0.2, -0.15) is 0 Å². The van der Waals surface area contributed by atoms with E-state index >= 15 is 8.78 Å². The molecule has 266 valence electrons. The predicted octanol–water partition coefficient (Wildman–Crippen LogP) is 9.25. The zero-order chi connectivity index (χ0) is 35.1. The lowest BCUT2D eigenvalue weighted by Gasteiger charge is -2.47. The van der Waals surface area contributed by atoms with Crippen LogP contribution in [-0.2, 0) is 9.59 Å². The van der Waals surface area contributed by atoms with Gasteiger partial charge in [0.25, 0.3) is 5.92 Å². The molecule has 0 spiro atoms. The number of alkyl halides is 2. The number of rotatable bonds is 8. The molecule has 7 heteroatoms. The van der Waals surface area contributed by atoms with E-state index in [2.05, 4.69) is 86.0 Å². The lowest BCUT2D eigenvalue weighted by Crippen LogP contribution is -2.57. The summed E-state index contributed by atoms with van der Waals surface area (Å²) in [5.41, 5.74) is 6.50. The number of hydrogen-bond donors (Lipinski definition) is 1. The van der Waals surface area contributed by atoms with Crippen LogP contribution in [0.15, 0.2) is 71.8 Å².